The summed E-state index contributed by atoms with van der Waals surface area (Å²) < 4.78 is 0. The third-order valence-corrected chi connectivity index (χ3v) is 4.59. The van der Waals surface area contributed by atoms with Crippen LogP contribution in [0.25, 0.3) is 0 Å². The molecule has 0 aromatic carbocycles. The fourth-order valence-electron chi connectivity index (χ4n) is 2.28. The Labute approximate surface area is 95.3 Å². The van der Waals surface area contributed by atoms with Gasteiger partial charge < -0.3 is 10.2 Å². The summed E-state index contributed by atoms with van der Waals surface area (Å²) in [5.74, 6) is 1.83. The number of amides is 1. The Morgan fingerprint density at radius 3 is 2.73 bits per heavy atom. The van der Waals surface area contributed by atoms with Crippen LogP contribution < -0.4 is 5.32 Å². The van der Waals surface area contributed by atoms with E-state index >= 15 is 0 Å². The largest absolute Gasteiger partial charge is 0.306 e. The summed E-state index contributed by atoms with van der Waals surface area (Å²) in [6, 6.07) is 0.0265. The molecule has 0 spiro atoms. The first kappa shape index (κ1) is 11.0. The highest BCUT2D eigenvalue weighted by molar-refractivity contribution is 8.00. The third kappa shape index (κ3) is 1.51. The number of thioether (sulfide) groups is 1. The first-order valence-electron chi connectivity index (χ1n) is 5.39. The molecule has 84 valence electrons. The molecule has 2 aliphatic heterocycles. The van der Waals surface area contributed by atoms with Crippen LogP contribution in [0.2, 0.25) is 0 Å². The number of carbonyl (C=O) groups excluding carboxylic acids is 1. The first-order valence-corrected chi connectivity index (χ1v) is 6.44. The third-order valence-electron chi connectivity index (χ3n) is 3.29. The van der Waals surface area contributed by atoms with Gasteiger partial charge in [0.25, 0.3) is 0 Å². The maximum Gasteiger partial charge on any atom is 0.247 e. The molecule has 15 heavy (non-hydrogen) atoms. The number of hydrogen-bond donors (Lipinski definition) is 1. The minimum atomic E-state index is 0.0265. The molecule has 3 nitrogen and oxygen atoms in total. The van der Waals surface area contributed by atoms with Crippen molar-refractivity contribution in [1.82, 2.24) is 10.2 Å². The number of nitrogens with zero attached hydrogens (tertiary/aromatic N) is 1. The fourth-order valence-corrected chi connectivity index (χ4v) is 4.02. The number of carbonyl (C=O) groups is 1. The molecule has 4 heteroatoms. The van der Waals surface area contributed by atoms with Crippen molar-refractivity contribution < 1.29 is 4.79 Å². The van der Waals surface area contributed by atoms with E-state index in [0.29, 0.717) is 11.3 Å². The quantitative estimate of drug-likeness (QED) is 0.723. The van der Waals surface area contributed by atoms with Gasteiger partial charge in [-0.05, 0) is 25.5 Å². The van der Waals surface area contributed by atoms with Crippen LogP contribution in [0.15, 0.2) is 11.3 Å². The van der Waals surface area contributed by atoms with Gasteiger partial charge in [0.2, 0.25) is 5.91 Å². The van der Waals surface area contributed by atoms with Gasteiger partial charge in [-0.15, -0.1) is 11.8 Å². The molecule has 0 radical (unpaired) electrons. The molecule has 1 saturated heterocycles. The topological polar surface area (TPSA) is 32.3 Å². The van der Waals surface area contributed by atoms with Crippen molar-refractivity contribution in [1.29, 1.82) is 0 Å². The molecule has 1 N–H and O–H groups in total. The van der Waals surface area contributed by atoms with Gasteiger partial charge in [0.15, 0.2) is 0 Å². The molecule has 0 saturated carbocycles. The molecule has 0 aliphatic carbocycles. The van der Waals surface area contributed by atoms with E-state index in [4.69, 9.17) is 0 Å². The van der Waals surface area contributed by atoms with E-state index in [2.05, 4.69) is 26.1 Å². The maximum atomic E-state index is 11.8. The Morgan fingerprint density at radius 2 is 2.20 bits per heavy atom. The Morgan fingerprint density at radius 1 is 1.53 bits per heavy atom. The molecule has 2 rings (SSSR count). The van der Waals surface area contributed by atoms with E-state index in [1.165, 1.54) is 11.3 Å². The summed E-state index contributed by atoms with van der Waals surface area (Å²) in [4.78, 5) is 13.8. The van der Waals surface area contributed by atoms with E-state index in [9.17, 15) is 4.79 Å². The normalized spacial score (nSPS) is 30.7. The van der Waals surface area contributed by atoms with Crippen LogP contribution in [0.3, 0.4) is 0 Å². The summed E-state index contributed by atoms with van der Waals surface area (Å²) in [6.45, 7) is 6.46. The average Bonchev–Trinajstić information content (AvgIpc) is 2.16. The lowest BCUT2D eigenvalue weighted by Gasteiger charge is -2.50. The fraction of sp³-hybridized carbons (Fsp3) is 0.727. The van der Waals surface area contributed by atoms with Gasteiger partial charge in [-0.2, -0.15) is 0 Å². The molecule has 0 bridgehead atoms. The lowest BCUT2D eigenvalue weighted by molar-refractivity contribution is -0.142. The second-order valence-electron chi connectivity index (χ2n) is 4.44. The molecule has 2 heterocycles. The van der Waals surface area contributed by atoms with E-state index in [-0.39, 0.29) is 11.9 Å². The van der Waals surface area contributed by atoms with Gasteiger partial charge in [-0.1, -0.05) is 13.8 Å². The Balaban J connectivity index is 2.24. The highest BCUT2D eigenvalue weighted by Crippen LogP contribution is 2.41. The maximum absolute atomic E-state index is 11.8. The van der Waals surface area contributed by atoms with Gasteiger partial charge in [-0.3, -0.25) is 4.79 Å². The van der Waals surface area contributed by atoms with Crippen LogP contribution in [0.4, 0.5) is 0 Å². The lowest BCUT2D eigenvalue weighted by Crippen LogP contribution is -2.68. The second kappa shape index (κ2) is 3.83. The molecule has 0 aromatic rings. The zero-order chi connectivity index (χ0) is 11.2. The minimum Gasteiger partial charge on any atom is -0.306 e. The van der Waals surface area contributed by atoms with Crippen LogP contribution in [0.1, 0.15) is 20.8 Å². The van der Waals surface area contributed by atoms with E-state index < -0.39 is 0 Å². The van der Waals surface area contributed by atoms with E-state index in [1.54, 1.807) is 0 Å². The predicted octanol–water partition coefficient (Wildman–Crippen LogP) is 1.42. The molecule has 2 aliphatic rings. The smallest absolute Gasteiger partial charge is 0.247 e. The standard InChI is InChI=1S/C11H18N2OS/c1-6(2)8-5-15-11-9(12-4)10(14)13(11)7(8)3/h6,9,11-12H,5H2,1-4H3/t9-,11-/m1/s1. The molecular formula is C11H18N2OS. The Hall–Kier alpha value is -0.480. The number of β-lactam (4-membered cyclic amide) rings is 1. The van der Waals surface area contributed by atoms with Gasteiger partial charge in [0, 0.05) is 11.4 Å². The summed E-state index contributed by atoms with van der Waals surface area (Å²) in [5.41, 5.74) is 2.60. The number of allylic oxidation sites excluding steroid dienone is 1. The van der Waals surface area contributed by atoms with Crippen LogP contribution in [-0.4, -0.2) is 35.0 Å². The average molecular weight is 226 g/mol. The van der Waals surface area contributed by atoms with Crippen LogP contribution in [0, 0.1) is 5.92 Å². The highest BCUT2D eigenvalue weighted by Gasteiger charge is 2.49. The predicted molar refractivity (Wildman–Crippen MR) is 63.5 cm³/mol. The van der Waals surface area contributed by atoms with Gasteiger partial charge in [0.1, 0.15) is 11.4 Å². The number of likely N-dealkylation sites (N-methyl/N-ethyl adjacent to an activating group) is 1. The zero-order valence-corrected chi connectivity index (χ0v) is 10.5. The summed E-state index contributed by atoms with van der Waals surface area (Å²) in [5, 5.41) is 3.40. The van der Waals surface area contributed by atoms with Crippen molar-refractivity contribution in [3.63, 3.8) is 0 Å². The summed E-state index contributed by atoms with van der Waals surface area (Å²) in [7, 11) is 1.86. The molecular weight excluding hydrogens is 208 g/mol. The van der Waals surface area contributed by atoms with Gasteiger partial charge in [0.05, 0.1) is 0 Å². The lowest BCUT2D eigenvalue weighted by atomic mass is 9.98. The molecule has 0 aromatic heterocycles. The molecule has 2 atom stereocenters. The highest BCUT2D eigenvalue weighted by atomic mass is 32.2. The number of fused-ring (bicyclic) bond motifs is 1. The van der Waals surface area contributed by atoms with E-state index in [1.807, 2.05) is 23.7 Å². The van der Waals surface area contributed by atoms with Crippen molar-refractivity contribution in [3.8, 4) is 0 Å². The second-order valence-corrected chi connectivity index (χ2v) is 5.55. The molecule has 0 unspecified atom stereocenters. The number of nitrogens with one attached hydrogen (secondary N) is 1. The number of hydrogen-bond acceptors (Lipinski definition) is 3. The van der Waals surface area contributed by atoms with Crippen LogP contribution in [-0.2, 0) is 4.79 Å². The Bertz CT molecular complexity index is 325. The van der Waals surface area contributed by atoms with E-state index in [0.717, 1.165) is 5.75 Å². The van der Waals surface area contributed by atoms with Crippen molar-refractivity contribution in [3.05, 3.63) is 11.3 Å². The molecule has 1 fully saturated rings. The Kier molecular flexibility index (Phi) is 2.81. The van der Waals surface area contributed by atoms with Crippen molar-refractivity contribution >= 4 is 17.7 Å². The first-order chi connectivity index (χ1) is 7.07. The SMILES string of the molecule is CN[C@@H]1C(=O)N2C(C)=C(C(C)C)CS[C@H]12. The zero-order valence-electron chi connectivity index (χ0n) is 9.70. The summed E-state index contributed by atoms with van der Waals surface area (Å²) >= 11 is 1.87. The monoisotopic (exact) mass is 226 g/mol. The number of rotatable bonds is 2. The van der Waals surface area contributed by atoms with Gasteiger partial charge in [-0.25, -0.2) is 0 Å². The minimum absolute atomic E-state index is 0.0265. The summed E-state index contributed by atoms with van der Waals surface area (Å²) in [6.07, 6.45) is 0. The van der Waals surface area contributed by atoms with Crippen LogP contribution >= 0.6 is 11.8 Å². The van der Waals surface area contributed by atoms with Crippen molar-refractivity contribution in [2.24, 2.45) is 5.92 Å². The van der Waals surface area contributed by atoms with Gasteiger partial charge >= 0.3 is 0 Å². The molecule has 1 amide bonds. The van der Waals surface area contributed by atoms with Crippen molar-refractivity contribution in [2.75, 3.05) is 12.8 Å². The van der Waals surface area contributed by atoms with Crippen molar-refractivity contribution in [2.45, 2.75) is 32.2 Å². The van der Waals surface area contributed by atoms with Crippen LogP contribution in [0.5, 0.6) is 0 Å².